The first kappa shape index (κ1) is 11.9. The lowest BCUT2D eigenvalue weighted by molar-refractivity contribution is 0.627. The number of nitrogens with one attached hydrogen (secondary N) is 1. The molecule has 0 aromatic heterocycles. The van der Waals surface area contributed by atoms with Crippen molar-refractivity contribution in [3.63, 3.8) is 0 Å². The molecule has 1 N–H and O–H groups in total. The first-order chi connectivity index (χ1) is 7.26. The van der Waals surface area contributed by atoms with Gasteiger partial charge in [0.05, 0.1) is 11.6 Å². The highest BCUT2D eigenvalue weighted by Crippen LogP contribution is 2.13. The van der Waals surface area contributed by atoms with Crippen molar-refractivity contribution >= 4 is 17.4 Å². The Labute approximate surface area is 93.5 Å². The number of benzene rings is 1. The standard InChI is InChI=1S/C11H13FN2S/c1-15-4-2-3-14-11-6-9(8-13)5-10(12)7-11/h5-7,14H,2-4H2,1H3. The van der Waals surface area contributed by atoms with Gasteiger partial charge in [0, 0.05) is 12.2 Å². The van der Waals surface area contributed by atoms with Crippen LogP contribution in [0.1, 0.15) is 12.0 Å². The maximum Gasteiger partial charge on any atom is 0.126 e. The minimum atomic E-state index is -0.374. The zero-order chi connectivity index (χ0) is 11.1. The average Bonchev–Trinajstić information content (AvgIpc) is 2.23. The Morgan fingerprint density at radius 1 is 1.47 bits per heavy atom. The van der Waals surface area contributed by atoms with E-state index in [1.807, 2.05) is 6.07 Å². The van der Waals surface area contributed by atoms with Gasteiger partial charge in [0.2, 0.25) is 0 Å². The minimum Gasteiger partial charge on any atom is -0.385 e. The van der Waals surface area contributed by atoms with Crippen LogP contribution in [0, 0.1) is 17.1 Å². The van der Waals surface area contributed by atoms with Crippen molar-refractivity contribution in [2.45, 2.75) is 6.42 Å². The van der Waals surface area contributed by atoms with E-state index >= 15 is 0 Å². The summed E-state index contributed by atoms with van der Waals surface area (Å²) in [6, 6.07) is 6.21. The smallest absolute Gasteiger partial charge is 0.126 e. The number of halogens is 1. The molecule has 0 aliphatic heterocycles. The summed E-state index contributed by atoms with van der Waals surface area (Å²) in [6.45, 7) is 0.801. The van der Waals surface area contributed by atoms with Gasteiger partial charge in [-0.1, -0.05) is 0 Å². The van der Waals surface area contributed by atoms with E-state index in [1.54, 1.807) is 17.8 Å². The van der Waals surface area contributed by atoms with E-state index in [-0.39, 0.29) is 5.82 Å². The van der Waals surface area contributed by atoms with Crippen LogP contribution in [0.3, 0.4) is 0 Å². The largest absolute Gasteiger partial charge is 0.385 e. The second kappa shape index (κ2) is 6.31. The molecule has 4 heteroatoms. The predicted molar refractivity (Wildman–Crippen MR) is 62.6 cm³/mol. The Morgan fingerprint density at radius 3 is 2.93 bits per heavy atom. The molecule has 0 bridgehead atoms. The van der Waals surface area contributed by atoms with E-state index in [0.29, 0.717) is 11.3 Å². The Bertz CT molecular complexity index is 360. The summed E-state index contributed by atoms with van der Waals surface area (Å²) in [5, 5.41) is 11.7. The summed E-state index contributed by atoms with van der Waals surface area (Å²) in [6.07, 6.45) is 3.08. The van der Waals surface area contributed by atoms with Crippen LogP contribution in [0.15, 0.2) is 18.2 Å². The molecule has 0 unspecified atom stereocenters. The fourth-order valence-corrected chi connectivity index (χ4v) is 1.64. The van der Waals surface area contributed by atoms with Crippen molar-refractivity contribution in [3.05, 3.63) is 29.6 Å². The highest BCUT2D eigenvalue weighted by Gasteiger charge is 1.99. The lowest BCUT2D eigenvalue weighted by atomic mass is 10.2. The fourth-order valence-electron chi connectivity index (χ4n) is 1.21. The lowest BCUT2D eigenvalue weighted by Gasteiger charge is -2.06. The molecule has 0 atom stereocenters. The Balaban J connectivity index is 2.54. The maximum absolute atomic E-state index is 13.0. The van der Waals surface area contributed by atoms with Crippen molar-refractivity contribution in [1.29, 1.82) is 5.26 Å². The number of anilines is 1. The third-order valence-corrected chi connectivity index (χ3v) is 2.58. The quantitative estimate of drug-likeness (QED) is 0.781. The molecule has 1 rings (SSSR count). The van der Waals surface area contributed by atoms with Gasteiger partial charge in [0.1, 0.15) is 5.82 Å². The van der Waals surface area contributed by atoms with Crippen molar-refractivity contribution in [2.75, 3.05) is 23.9 Å². The molecule has 15 heavy (non-hydrogen) atoms. The monoisotopic (exact) mass is 224 g/mol. The molecule has 0 spiro atoms. The summed E-state index contributed by atoms with van der Waals surface area (Å²) in [7, 11) is 0. The normalized spacial score (nSPS) is 9.67. The molecule has 1 aromatic carbocycles. The lowest BCUT2D eigenvalue weighted by Crippen LogP contribution is -2.03. The van der Waals surface area contributed by atoms with Gasteiger partial charge in [-0.2, -0.15) is 17.0 Å². The molecular weight excluding hydrogens is 211 g/mol. The molecule has 0 amide bonds. The Kier molecular flexibility index (Phi) is 4.99. The van der Waals surface area contributed by atoms with Gasteiger partial charge in [0.25, 0.3) is 0 Å². The average molecular weight is 224 g/mol. The number of thioether (sulfide) groups is 1. The second-order valence-electron chi connectivity index (χ2n) is 3.11. The maximum atomic E-state index is 13.0. The number of nitrogens with zero attached hydrogens (tertiary/aromatic N) is 1. The van der Waals surface area contributed by atoms with Gasteiger partial charge in [-0.05, 0) is 36.6 Å². The molecule has 0 aliphatic rings. The van der Waals surface area contributed by atoms with Crippen LogP contribution in [0.25, 0.3) is 0 Å². The van der Waals surface area contributed by atoms with E-state index in [9.17, 15) is 4.39 Å². The van der Waals surface area contributed by atoms with E-state index in [0.717, 1.165) is 18.7 Å². The van der Waals surface area contributed by atoms with E-state index < -0.39 is 0 Å². The summed E-state index contributed by atoms with van der Waals surface area (Å²) < 4.78 is 13.0. The SMILES string of the molecule is CSCCCNc1cc(F)cc(C#N)c1. The molecule has 0 saturated carbocycles. The van der Waals surface area contributed by atoms with Gasteiger partial charge in [-0.3, -0.25) is 0 Å². The molecule has 2 nitrogen and oxygen atoms in total. The van der Waals surface area contributed by atoms with E-state index in [2.05, 4.69) is 11.6 Å². The first-order valence-electron chi connectivity index (χ1n) is 4.70. The van der Waals surface area contributed by atoms with E-state index in [1.165, 1.54) is 12.1 Å². The molecule has 0 saturated heterocycles. The third-order valence-electron chi connectivity index (χ3n) is 1.88. The van der Waals surface area contributed by atoms with Gasteiger partial charge < -0.3 is 5.32 Å². The fraction of sp³-hybridized carbons (Fsp3) is 0.364. The molecule has 0 fully saturated rings. The molecular formula is C11H13FN2S. The van der Waals surface area contributed by atoms with Gasteiger partial charge >= 0.3 is 0 Å². The van der Waals surface area contributed by atoms with Crippen LogP contribution in [0.5, 0.6) is 0 Å². The van der Waals surface area contributed by atoms with Crippen molar-refractivity contribution in [1.82, 2.24) is 0 Å². The predicted octanol–water partition coefficient (Wildman–Crippen LogP) is 2.86. The highest BCUT2D eigenvalue weighted by molar-refractivity contribution is 7.98. The first-order valence-corrected chi connectivity index (χ1v) is 6.09. The van der Waals surface area contributed by atoms with Crippen molar-refractivity contribution in [3.8, 4) is 6.07 Å². The Hall–Kier alpha value is -1.21. The van der Waals surface area contributed by atoms with Crippen molar-refractivity contribution < 1.29 is 4.39 Å². The topological polar surface area (TPSA) is 35.8 Å². The second-order valence-corrected chi connectivity index (χ2v) is 4.10. The Morgan fingerprint density at radius 2 is 2.27 bits per heavy atom. The molecule has 0 heterocycles. The molecule has 80 valence electrons. The van der Waals surface area contributed by atoms with Crippen LogP contribution in [0.2, 0.25) is 0 Å². The number of rotatable bonds is 5. The molecule has 0 radical (unpaired) electrons. The summed E-state index contributed by atoms with van der Waals surface area (Å²) in [5.74, 6) is 0.703. The van der Waals surface area contributed by atoms with Crippen LogP contribution >= 0.6 is 11.8 Å². The number of nitriles is 1. The third kappa shape index (κ3) is 4.22. The zero-order valence-electron chi connectivity index (χ0n) is 8.59. The van der Waals surface area contributed by atoms with E-state index in [4.69, 9.17) is 5.26 Å². The van der Waals surface area contributed by atoms with Crippen LogP contribution < -0.4 is 5.32 Å². The summed E-state index contributed by atoms with van der Waals surface area (Å²) in [4.78, 5) is 0. The summed E-state index contributed by atoms with van der Waals surface area (Å²) in [5.41, 5.74) is 1.02. The number of hydrogen-bond acceptors (Lipinski definition) is 3. The van der Waals surface area contributed by atoms with Gasteiger partial charge in [-0.25, -0.2) is 4.39 Å². The van der Waals surface area contributed by atoms with Gasteiger partial charge in [-0.15, -0.1) is 0 Å². The van der Waals surface area contributed by atoms with Crippen LogP contribution in [-0.2, 0) is 0 Å². The minimum absolute atomic E-state index is 0.349. The van der Waals surface area contributed by atoms with Gasteiger partial charge in [0.15, 0.2) is 0 Å². The molecule has 1 aromatic rings. The summed E-state index contributed by atoms with van der Waals surface area (Å²) >= 11 is 1.78. The van der Waals surface area contributed by atoms with Crippen LogP contribution in [0.4, 0.5) is 10.1 Å². The van der Waals surface area contributed by atoms with Crippen LogP contribution in [-0.4, -0.2) is 18.6 Å². The van der Waals surface area contributed by atoms with Crippen molar-refractivity contribution in [2.24, 2.45) is 0 Å². The highest BCUT2D eigenvalue weighted by atomic mass is 32.2. The zero-order valence-corrected chi connectivity index (χ0v) is 9.40. The number of hydrogen-bond donors (Lipinski definition) is 1. The molecule has 0 aliphatic carbocycles.